The van der Waals surface area contributed by atoms with Crippen molar-refractivity contribution in [1.29, 1.82) is 0 Å². The number of nitrogens with one attached hydrogen (secondary N) is 2. The molecule has 4 aromatic rings. The third kappa shape index (κ3) is 5.38. The molecule has 1 heterocycles. The van der Waals surface area contributed by atoms with Gasteiger partial charge in [0.25, 0.3) is 5.91 Å². The molecule has 1 unspecified atom stereocenters. The first-order valence-corrected chi connectivity index (χ1v) is 10.7. The van der Waals surface area contributed by atoms with E-state index in [1.54, 1.807) is 24.5 Å². The van der Waals surface area contributed by atoms with Crippen LogP contribution in [-0.4, -0.2) is 22.8 Å². The van der Waals surface area contributed by atoms with E-state index in [0.29, 0.717) is 17.7 Å². The summed E-state index contributed by atoms with van der Waals surface area (Å²) in [6, 6.07) is 26.1. The Hall–Kier alpha value is -3.99. The molecule has 0 aliphatic carbocycles. The highest BCUT2D eigenvalue weighted by Crippen LogP contribution is 2.22. The summed E-state index contributed by atoms with van der Waals surface area (Å²) in [7, 11) is 0. The molecule has 0 radical (unpaired) electrons. The molecular weight excluding hydrogens is 398 g/mol. The van der Waals surface area contributed by atoms with Crippen LogP contribution in [0, 0.1) is 0 Å². The monoisotopic (exact) mass is 427 g/mol. The van der Waals surface area contributed by atoms with E-state index in [9.17, 15) is 9.59 Å². The zero-order chi connectivity index (χ0) is 22.2. The normalized spacial score (nSPS) is 11.6. The van der Waals surface area contributed by atoms with Gasteiger partial charge in [0.1, 0.15) is 6.04 Å². The van der Waals surface area contributed by atoms with Crippen LogP contribution >= 0.6 is 0 Å². The molecule has 5 heteroatoms. The van der Waals surface area contributed by atoms with E-state index in [0.717, 1.165) is 23.6 Å². The molecule has 0 saturated heterocycles. The van der Waals surface area contributed by atoms with Crippen molar-refractivity contribution in [3.05, 3.63) is 108 Å². The van der Waals surface area contributed by atoms with Crippen LogP contribution in [0.4, 0.5) is 5.69 Å². The van der Waals surface area contributed by atoms with Crippen LogP contribution < -0.4 is 10.6 Å². The van der Waals surface area contributed by atoms with Crippen LogP contribution in [0.15, 0.2) is 97.3 Å². The molecule has 0 aliphatic heterocycles. The van der Waals surface area contributed by atoms with Gasteiger partial charge in [-0.15, -0.1) is 0 Å². The van der Waals surface area contributed by atoms with Gasteiger partial charge in [0, 0.05) is 26.2 Å². The number of fused-ring (bicyclic) bond motifs is 1. The molecule has 0 saturated carbocycles. The van der Waals surface area contributed by atoms with Crippen molar-refractivity contribution in [2.24, 2.45) is 0 Å². The Balaban J connectivity index is 0.00000204. The topological polar surface area (TPSA) is 71.1 Å². The Morgan fingerprint density at radius 1 is 0.875 bits per heavy atom. The first kappa shape index (κ1) is 21.2. The van der Waals surface area contributed by atoms with Crippen LogP contribution in [-0.2, 0) is 11.2 Å². The molecule has 0 aliphatic rings. The molecule has 164 valence electrons. The van der Waals surface area contributed by atoms with Crippen molar-refractivity contribution in [2.75, 3.05) is 5.32 Å². The summed E-state index contributed by atoms with van der Waals surface area (Å²) in [5.74, 6) is -0.497. The van der Waals surface area contributed by atoms with Gasteiger partial charge >= 0.3 is 0 Å². The van der Waals surface area contributed by atoms with Gasteiger partial charge in [-0.2, -0.15) is 0 Å². The van der Waals surface area contributed by atoms with Gasteiger partial charge in [-0.25, -0.2) is 0 Å². The lowest BCUT2D eigenvalue weighted by atomic mass is 10.0. The maximum atomic E-state index is 13.2. The van der Waals surface area contributed by atoms with E-state index < -0.39 is 6.04 Å². The fourth-order valence-corrected chi connectivity index (χ4v) is 3.70. The van der Waals surface area contributed by atoms with Gasteiger partial charge in [-0.05, 0) is 54.5 Å². The standard InChI is InChI=1S/C27H25N3O2.2H2/c31-26(22-12-5-2-6-13-22)30-25(16-7-11-20-9-3-1-4-10-20)27(32)29-24-15-8-14-21-17-18-28-19-23(21)24;;/h1-6,8-10,12-15,17-19,25H,7,11,16H2,(H,29,32)(H,30,31);2*1H. The average molecular weight is 428 g/mol. The van der Waals surface area contributed by atoms with Gasteiger partial charge in [0.05, 0.1) is 5.69 Å². The summed E-state index contributed by atoms with van der Waals surface area (Å²) in [4.78, 5) is 30.2. The van der Waals surface area contributed by atoms with Crippen LogP contribution in [0.2, 0.25) is 0 Å². The number of benzene rings is 3. The molecule has 5 nitrogen and oxygen atoms in total. The molecule has 2 N–H and O–H groups in total. The lowest BCUT2D eigenvalue weighted by Crippen LogP contribution is -2.43. The molecule has 0 bridgehead atoms. The number of anilines is 1. The number of hydrogen-bond acceptors (Lipinski definition) is 3. The first-order chi connectivity index (χ1) is 15.7. The number of nitrogens with zero attached hydrogens (tertiary/aromatic N) is 1. The third-order valence-electron chi connectivity index (χ3n) is 5.40. The number of hydrogen-bond donors (Lipinski definition) is 2. The molecule has 2 amide bonds. The third-order valence-corrected chi connectivity index (χ3v) is 5.40. The highest BCUT2D eigenvalue weighted by atomic mass is 16.2. The van der Waals surface area contributed by atoms with Crippen LogP contribution in [0.5, 0.6) is 0 Å². The number of amides is 2. The predicted octanol–water partition coefficient (Wildman–Crippen LogP) is 5.49. The minimum absolute atomic E-state index is 0. The van der Waals surface area contributed by atoms with E-state index in [1.165, 1.54) is 5.56 Å². The maximum absolute atomic E-state index is 13.2. The summed E-state index contributed by atoms with van der Waals surface area (Å²) < 4.78 is 0. The molecule has 1 atom stereocenters. The maximum Gasteiger partial charge on any atom is 0.251 e. The Bertz CT molecular complexity index is 1200. The van der Waals surface area contributed by atoms with Crippen LogP contribution in [0.3, 0.4) is 0 Å². The van der Waals surface area contributed by atoms with Crippen molar-refractivity contribution in [2.45, 2.75) is 25.3 Å². The second-order valence-electron chi connectivity index (χ2n) is 7.66. The van der Waals surface area contributed by atoms with Gasteiger partial charge in [0.15, 0.2) is 0 Å². The van der Waals surface area contributed by atoms with Gasteiger partial charge in [-0.3, -0.25) is 14.6 Å². The Labute approximate surface area is 190 Å². The summed E-state index contributed by atoms with van der Waals surface area (Å²) in [6.07, 6.45) is 5.60. The van der Waals surface area contributed by atoms with E-state index in [1.807, 2.05) is 60.7 Å². The van der Waals surface area contributed by atoms with Crippen molar-refractivity contribution in [3.8, 4) is 0 Å². The fourth-order valence-electron chi connectivity index (χ4n) is 3.70. The largest absolute Gasteiger partial charge is 0.340 e. The smallest absolute Gasteiger partial charge is 0.251 e. The number of rotatable bonds is 8. The molecule has 1 aromatic heterocycles. The van der Waals surface area contributed by atoms with Gasteiger partial charge in [-0.1, -0.05) is 60.7 Å². The fraction of sp³-hybridized carbons (Fsp3) is 0.148. The van der Waals surface area contributed by atoms with Crippen LogP contribution in [0.25, 0.3) is 10.8 Å². The number of carbonyl (C=O) groups excluding carboxylic acids is 2. The average Bonchev–Trinajstić information content (AvgIpc) is 2.85. The first-order valence-electron chi connectivity index (χ1n) is 10.7. The summed E-state index contributed by atoms with van der Waals surface area (Å²) in [5, 5.41) is 7.77. The lowest BCUT2D eigenvalue weighted by Gasteiger charge is -2.19. The molecule has 4 rings (SSSR count). The number of aromatic nitrogens is 1. The number of aryl methyl sites for hydroxylation is 1. The number of pyridine rings is 1. The summed E-state index contributed by atoms with van der Waals surface area (Å²) >= 11 is 0. The minimum Gasteiger partial charge on any atom is -0.340 e. The summed E-state index contributed by atoms with van der Waals surface area (Å²) in [6.45, 7) is 0. The highest BCUT2D eigenvalue weighted by Gasteiger charge is 2.22. The van der Waals surface area contributed by atoms with E-state index in [-0.39, 0.29) is 14.7 Å². The second kappa shape index (κ2) is 10.4. The highest BCUT2D eigenvalue weighted by molar-refractivity contribution is 6.05. The molecule has 0 fully saturated rings. The van der Waals surface area contributed by atoms with Crippen molar-refractivity contribution < 1.29 is 12.4 Å². The van der Waals surface area contributed by atoms with Crippen molar-refractivity contribution >= 4 is 28.3 Å². The Morgan fingerprint density at radius 3 is 2.41 bits per heavy atom. The molecule has 3 aromatic carbocycles. The minimum atomic E-state index is -0.654. The Kier molecular flexibility index (Phi) is 6.88. The van der Waals surface area contributed by atoms with Gasteiger partial charge in [0.2, 0.25) is 5.91 Å². The lowest BCUT2D eigenvalue weighted by molar-refractivity contribution is -0.118. The summed E-state index contributed by atoms with van der Waals surface area (Å²) in [5.41, 5.74) is 2.42. The SMILES string of the molecule is O=C(NC(CCCc1ccccc1)C(=O)Nc1cccc2ccncc12)c1ccccc1.[HH].[HH]. The van der Waals surface area contributed by atoms with Crippen molar-refractivity contribution in [3.63, 3.8) is 0 Å². The van der Waals surface area contributed by atoms with Crippen molar-refractivity contribution in [1.82, 2.24) is 10.3 Å². The predicted molar refractivity (Wildman–Crippen MR) is 132 cm³/mol. The Morgan fingerprint density at radius 2 is 1.62 bits per heavy atom. The quantitative estimate of drug-likeness (QED) is 0.391. The van der Waals surface area contributed by atoms with E-state index in [2.05, 4.69) is 27.8 Å². The van der Waals surface area contributed by atoms with Gasteiger partial charge < -0.3 is 10.6 Å². The number of carbonyl (C=O) groups is 2. The molecule has 0 spiro atoms. The zero-order valence-electron chi connectivity index (χ0n) is 17.7. The van der Waals surface area contributed by atoms with E-state index in [4.69, 9.17) is 0 Å². The van der Waals surface area contributed by atoms with E-state index >= 15 is 0 Å². The zero-order valence-corrected chi connectivity index (χ0v) is 17.7. The molecular formula is C27H29N3O2. The second-order valence-corrected chi connectivity index (χ2v) is 7.66. The van der Waals surface area contributed by atoms with Crippen LogP contribution in [0.1, 0.15) is 31.6 Å². The molecule has 32 heavy (non-hydrogen) atoms.